The van der Waals surface area contributed by atoms with Crippen LogP contribution >= 0.6 is 12.6 Å². The predicted molar refractivity (Wildman–Crippen MR) is 220 cm³/mol. The number of halogens is 3. The summed E-state index contributed by atoms with van der Waals surface area (Å²) in [6, 6.07) is 17.3. The van der Waals surface area contributed by atoms with Crippen molar-refractivity contribution >= 4 is 58.9 Å². The number of ether oxygens (including phenoxy) is 1. The Labute approximate surface area is 340 Å². The molecule has 3 amide bonds. The fraction of sp³-hybridized carbons (Fsp3) is 0.381. The smallest absolute Gasteiger partial charge is 0.419 e. The number of carbonyl (C=O) groups is 3. The highest BCUT2D eigenvalue weighted by Crippen LogP contribution is 2.42. The number of para-hydroxylation sites is 1. The molecule has 2 fully saturated rings. The number of aromatic nitrogens is 1. The molecule has 0 aliphatic carbocycles. The SMILES string of the molecule is CNC(=O)c1ccccc1Nc1cc(Nc2cc(C)c(N3CCN(Cc4cccc5c4CN(C4CCC(=O)NC4=O)C5S)CC3)cc2OC(C)C)ncc1C(F)(F)F. The van der Waals surface area contributed by atoms with Gasteiger partial charge in [0.1, 0.15) is 11.6 Å². The van der Waals surface area contributed by atoms with E-state index < -0.39 is 23.7 Å². The van der Waals surface area contributed by atoms with Gasteiger partial charge in [-0.25, -0.2) is 4.98 Å². The molecule has 2 unspecified atom stereocenters. The van der Waals surface area contributed by atoms with Crippen LogP contribution in [0.3, 0.4) is 0 Å². The molecule has 0 radical (unpaired) electrons. The second-order valence-electron chi connectivity index (χ2n) is 15.1. The largest absolute Gasteiger partial charge is 0.489 e. The molecule has 3 aliphatic heterocycles. The first-order chi connectivity index (χ1) is 27.7. The minimum atomic E-state index is -4.71. The van der Waals surface area contributed by atoms with Crippen LogP contribution < -0.4 is 30.9 Å². The molecule has 0 spiro atoms. The van der Waals surface area contributed by atoms with Gasteiger partial charge in [-0.1, -0.05) is 30.3 Å². The number of carbonyl (C=O) groups excluding carboxylic acids is 3. The first kappa shape index (κ1) is 40.9. The Kier molecular flexibility index (Phi) is 11.9. The Balaban J connectivity index is 1.07. The van der Waals surface area contributed by atoms with E-state index >= 15 is 0 Å². The fourth-order valence-corrected chi connectivity index (χ4v) is 8.36. The fourth-order valence-electron chi connectivity index (χ4n) is 7.88. The molecule has 58 heavy (non-hydrogen) atoms. The number of imide groups is 1. The van der Waals surface area contributed by atoms with E-state index in [0.29, 0.717) is 30.8 Å². The lowest BCUT2D eigenvalue weighted by Gasteiger charge is -2.37. The number of hydrogen-bond acceptors (Lipinski definition) is 11. The molecular weight excluding hydrogens is 770 g/mol. The van der Waals surface area contributed by atoms with Gasteiger partial charge in [-0.2, -0.15) is 25.8 Å². The zero-order valence-electron chi connectivity index (χ0n) is 32.7. The molecule has 2 atom stereocenters. The molecule has 4 heterocycles. The van der Waals surface area contributed by atoms with Gasteiger partial charge in [0.25, 0.3) is 5.91 Å². The number of hydrogen-bond donors (Lipinski definition) is 5. The number of thiol groups is 1. The van der Waals surface area contributed by atoms with Gasteiger partial charge in [-0.15, -0.1) is 0 Å². The summed E-state index contributed by atoms with van der Waals surface area (Å²) in [5, 5.41) is 10.8. The normalized spacial score (nSPS) is 18.9. The van der Waals surface area contributed by atoms with Crippen LogP contribution in [-0.4, -0.2) is 77.9 Å². The molecule has 0 saturated carbocycles. The standard InChI is InChI=1S/C42H47F3N8O4S/c1-24(2)57-36-20-35(25(3)18-33(36)49-37-19-32(30(21-47-37)42(43,44)45)48-31-11-6-5-9-28(31)39(55)46-4)52-16-14-51(15-17-52)22-26-8-7-10-27-29(26)23-53(41(27)58)34-12-13-38(54)50-40(34)56/h5-11,18-21,24,34,41,58H,12-17,22-23H2,1-4H3,(H,46,55)(H2,47,48,49)(H,50,54,56). The summed E-state index contributed by atoms with van der Waals surface area (Å²) in [6.07, 6.45) is -3.33. The molecule has 16 heteroatoms. The van der Waals surface area contributed by atoms with Crippen molar-refractivity contribution in [2.75, 3.05) is 48.8 Å². The highest BCUT2D eigenvalue weighted by Gasteiger charge is 2.40. The Hall–Kier alpha value is -5.32. The number of rotatable bonds is 11. The zero-order chi connectivity index (χ0) is 41.3. The molecule has 2 saturated heterocycles. The Morgan fingerprint density at radius 1 is 1.00 bits per heavy atom. The van der Waals surface area contributed by atoms with Crippen LogP contribution in [0.2, 0.25) is 0 Å². The van der Waals surface area contributed by atoms with Gasteiger partial charge >= 0.3 is 6.18 Å². The van der Waals surface area contributed by atoms with Crippen LogP contribution in [0.4, 0.5) is 41.7 Å². The highest BCUT2D eigenvalue weighted by atomic mass is 32.1. The number of nitrogens with one attached hydrogen (secondary N) is 4. The van der Waals surface area contributed by atoms with Crippen LogP contribution in [0.25, 0.3) is 0 Å². The lowest BCUT2D eigenvalue weighted by molar-refractivity contribution is -0.138. The Morgan fingerprint density at radius 2 is 1.76 bits per heavy atom. The molecule has 306 valence electrons. The predicted octanol–water partition coefficient (Wildman–Crippen LogP) is 6.91. The third kappa shape index (κ3) is 8.73. The monoisotopic (exact) mass is 816 g/mol. The van der Waals surface area contributed by atoms with Crippen LogP contribution in [0.15, 0.2) is 66.9 Å². The Morgan fingerprint density at radius 3 is 2.47 bits per heavy atom. The van der Waals surface area contributed by atoms with Crippen LogP contribution in [0.1, 0.15) is 70.2 Å². The third-order valence-electron chi connectivity index (χ3n) is 10.8. The van der Waals surface area contributed by atoms with Crippen molar-refractivity contribution in [1.82, 2.24) is 25.4 Å². The Bertz CT molecular complexity index is 2210. The van der Waals surface area contributed by atoms with E-state index in [-0.39, 0.29) is 46.0 Å². The maximum atomic E-state index is 14.2. The lowest BCUT2D eigenvalue weighted by atomic mass is 10.0. The molecular formula is C42H47F3N8O4S. The molecule has 4 aromatic rings. The summed E-state index contributed by atoms with van der Waals surface area (Å²) >= 11 is 4.89. The minimum Gasteiger partial charge on any atom is -0.489 e. The first-order valence-corrected chi connectivity index (χ1v) is 19.8. The van der Waals surface area contributed by atoms with E-state index in [4.69, 9.17) is 17.4 Å². The number of pyridine rings is 1. The molecule has 1 aromatic heterocycles. The maximum absolute atomic E-state index is 14.2. The minimum absolute atomic E-state index is 0.152. The number of alkyl halides is 3. The van der Waals surface area contributed by atoms with Gasteiger partial charge in [0.2, 0.25) is 11.8 Å². The number of amides is 3. The van der Waals surface area contributed by atoms with Gasteiger partial charge in [-0.05, 0) is 67.6 Å². The van der Waals surface area contributed by atoms with Crippen LogP contribution in [0, 0.1) is 6.92 Å². The number of benzene rings is 3. The van der Waals surface area contributed by atoms with Gasteiger partial charge in [-0.3, -0.25) is 29.5 Å². The van der Waals surface area contributed by atoms with Gasteiger partial charge in [0, 0.05) is 76.8 Å². The topological polar surface area (TPSA) is 131 Å². The van der Waals surface area contributed by atoms with E-state index in [1.807, 2.05) is 39.0 Å². The maximum Gasteiger partial charge on any atom is 0.419 e. The molecule has 3 aromatic carbocycles. The summed E-state index contributed by atoms with van der Waals surface area (Å²) < 4.78 is 48.8. The average molecular weight is 817 g/mol. The van der Waals surface area contributed by atoms with Crippen molar-refractivity contribution in [3.8, 4) is 5.75 Å². The van der Waals surface area contributed by atoms with Crippen LogP contribution in [-0.2, 0) is 28.9 Å². The van der Waals surface area contributed by atoms with Crippen molar-refractivity contribution < 1.29 is 32.3 Å². The van der Waals surface area contributed by atoms with E-state index in [9.17, 15) is 27.6 Å². The number of piperazine rings is 1. The van der Waals surface area contributed by atoms with Crippen molar-refractivity contribution in [2.45, 2.75) is 70.4 Å². The molecule has 7 rings (SSSR count). The summed E-state index contributed by atoms with van der Waals surface area (Å²) in [6.45, 7) is 10.3. The van der Waals surface area contributed by atoms with E-state index in [0.717, 1.165) is 55.7 Å². The average Bonchev–Trinajstić information content (AvgIpc) is 3.52. The molecule has 12 nitrogen and oxygen atoms in total. The number of piperidine rings is 1. The molecule has 3 aliphatic rings. The third-order valence-corrected chi connectivity index (χ3v) is 11.3. The summed E-state index contributed by atoms with van der Waals surface area (Å²) in [4.78, 5) is 47.9. The highest BCUT2D eigenvalue weighted by molar-refractivity contribution is 7.80. The molecule has 4 N–H and O–H groups in total. The number of fused-ring (bicyclic) bond motifs is 1. The quantitative estimate of drug-likeness (QED) is 0.0804. The van der Waals surface area contributed by atoms with Gasteiger partial charge < -0.3 is 25.6 Å². The van der Waals surface area contributed by atoms with Crippen molar-refractivity contribution in [3.63, 3.8) is 0 Å². The number of aryl methyl sites for hydroxylation is 1. The van der Waals surface area contributed by atoms with Crippen LogP contribution in [0.5, 0.6) is 5.75 Å². The van der Waals surface area contributed by atoms with E-state index in [1.54, 1.807) is 18.2 Å². The van der Waals surface area contributed by atoms with E-state index in [1.165, 1.54) is 30.3 Å². The molecule has 0 bridgehead atoms. The summed E-state index contributed by atoms with van der Waals surface area (Å²) in [5.74, 6) is -0.258. The second kappa shape index (κ2) is 16.9. The van der Waals surface area contributed by atoms with Crippen molar-refractivity contribution in [2.24, 2.45) is 0 Å². The first-order valence-electron chi connectivity index (χ1n) is 19.3. The van der Waals surface area contributed by atoms with Gasteiger partial charge in [0.05, 0.1) is 45.7 Å². The van der Waals surface area contributed by atoms with Crippen molar-refractivity contribution in [1.29, 1.82) is 0 Å². The summed E-state index contributed by atoms with van der Waals surface area (Å²) in [5.41, 5.74) is 5.12. The lowest BCUT2D eigenvalue weighted by Crippen LogP contribution is -2.51. The second-order valence-corrected chi connectivity index (χ2v) is 15.5. The number of nitrogens with zero attached hydrogens (tertiary/aromatic N) is 4. The zero-order valence-corrected chi connectivity index (χ0v) is 33.6. The van der Waals surface area contributed by atoms with Crippen molar-refractivity contribution in [3.05, 3.63) is 100 Å². The van der Waals surface area contributed by atoms with Gasteiger partial charge in [0.15, 0.2) is 0 Å². The summed E-state index contributed by atoms with van der Waals surface area (Å²) in [7, 11) is 1.45. The van der Waals surface area contributed by atoms with E-state index in [2.05, 4.69) is 53.1 Å². The number of anilines is 5.